The number of hydrogen-bond acceptors (Lipinski definition) is 7. The summed E-state index contributed by atoms with van der Waals surface area (Å²) < 4.78 is 16.5. The highest BCUT2D eigenvalue weighted by Crippen LogP contribution is 2.35. The van der Waals surface area contributed by atoms with Crippen molar-refractivity contribution in [1.82, 2.24) is 4.90 Å². The quantitative estimate of drug-likeness (QED) is 0.412. The van der Waals surface area contributed by atoms with Crippen molar-refractivity contribution in [1.29, 1.82) is 0 Å². The number of hydrogen-bond donors (Lipinski definition) is 0. The molecular weight excluding hydrogens is 362 g/mol. The van der Waals surface area contributed by atoms with Gasteiger partial charge in [-0.2, -0.15) is 0 Å². The van der Waals surface area contributed by atoms with Crippen molar-refractivity contribution in [3.63, 3.8) is 0 Å². The largest absolute Gasteiger partial charge is 0.493 e. The summed E-state index contributed by atoms with van der Waals surface area (Å²) in [7, 11) is 0. The third kappa shape index (κ3) is 4.28. The summed E-state index contributed by atoms with van der Waals surface area (Å²) in [5.41, 5.74) is 1.06. The molecule has 0 aromatic heterocycles. The highest BCUT2D eigenvalue weighted by Gasteiger charge is 2.18. The molecule has 2 aliphatic rings. The van der Waals surface area contributed by atoms with Crippen LogP contribution in [0.5, 0.6) is 17.2 Å². The Morgan fingerprint density at radius 3 is 2.68 bits per heavy atom. The Balaban J connectivity index is 1.19. The Morgan fingerprint density at radius 2 is 1.86 bits per heavy atom. The Kier molecular flexibility index (Phi) is 5.48. The van der Waals surface area contributed by atoms with Crippen molar-refractivity contribution >= 4 is 11.4 Å². The van der Waals surface area contributed by atoms with Gasteiger partial charge in [-0.25, -0.2) is 0 Å². The molecule has 2 aliphatic heterocycles. The SMILES string of the molecule is O=[N+]([O-])c1cccc(N2CCN(CCCOc3ccc4c(c3)OCO4)CC2)c1. The maximum absolute atomic E-state index is 10.9. The first-order chi connectivity index (χ1) is 13.7. The lowest BCUT2D eigenvalue weighted by Gasteiger charge is -2.36. The number of nitro groups is 1. The first kappa shape index (κ1) is 18.4. The fourth-order valence-corrected chi connectivity index (χ4v) is 3.48. The standard InChI is InChI=1S/C20H23N3O5/c24-23(25)17-4-1-3-16(13-17)22-10-8-21(9-11-22)7-2-12-26-18-5-6-19-20(14-18)28-15-27-19/h1,3-6,13-14H,2,7-12,15H2. The number of rotatable bonds is 7. The summed E-state index contributed by atoms with van der Waals surface area (Å²) in [6, 6.07) is 12.5. The Labute approximate surface area is 163 Å². The fourth-order valence-electron chi connectivity index (χ4n) is 3.48. The van der Waals surface area contributed by atoms with Crippen molar-refractivity contribution in [2.75, 3.05) is 51.0 Å². The predicted octanol–water partition coefficient (Wildman–Crippen LogP) is 2.91. The molecule has 1 saturated heterocycles. The van der Waals surface area contributed by atoms with Gasteiger partial charge in [-0.3, -0.25) is 15.0 Å². The molecule has 4 rings (SSSR count). The van der Waals surface area contributed by atoms with Gasteiger partial charge < -0.3 is 19.1 Å². The molecule has 0 spiro atoms. The van der Waals surface area contributed by atoms with E-state index < -0.39 is 0 Å². The smallest absolute Gasteiger partial charge is 0.271 e. The van der Waals surface area contributed by atoms with Crippen LogP contribution >= 0.6 is 0 Å². The highest BCUT2D eigenvalue weighted by atomic mass is 16.7. The van der Waals surface area contributed by atoms with Crippen molar-refractivity contribution in [3.05, 3.63) is 52.6 Å². The number of fused-ring (bicyclic) bond motifs is 1. The third-order valence-electron chi connectivity index (χ3n) is 5.01. The van der Waals surface area contributed by atoms with E-state index in [-0.39, 0.29) is 17.4 Å². The molecule has 0 bridgehead atoms. The van der Waals surface area contributed by atoms with Gasteiger partial charge in [-0.1, -0.05) is 6.07 Å². The zero-order chi connectivity index (χ0) is 19.3. The molecule has 0 aliphatic carbocycles. The molecule has 2 aromatic rings. The average molecular weight is 385 g/mol. The molecule has 148 valence electrons. The molecule has 0 atom stereocenters. The topological polar surface area (TPSA) is 77.3 Å². The van der Waals surface area contributed by atoms with Crippen LogP contribution in [0, 0.1) is 10.1 Å². The minimum absolute atomic E-state index is 0.139. The molecular formula is C20H23N3O5. The van der Waals surface area contributed by atoms with Crippen LogP contribution in [0.25, 0.3) is 0 Å². The van der Waals surface area contributed by atoms with Gasteiger partial charge in [0, 0.05) is 56.6 Å². The minimum Gasteiger partial charge on any atom is -0.493 e. The summed E-state index contributed by atoms with van der Waals surface area (Å²) in [6.07, 6.45) is 0.936. The van der Waals surface area contributed by atoms with Gasteiger partial charge >= 0.3 is 0 Å². The molecule has 28 heavy (non-hydrogen) atoms. The maximum atomic E-state index is 10.9. The van der Waals surface area contributed by atoms with Gasteiger partial charge in [0.15, 0.2) is 11.5 Å². The van der Waals surface area contributed by atoms with Crippen LogP contribution in [-0.4, -0.2) is 55.9 Å². The van der Waals surface area contributed by atoms with Gasteiger partial charge in [0.05, 0.1) is 11.5 Å². The number of anilines is 1. The summed E-state index contributed by atoms with van der Waals surface area (Å²) in [4.78, 5) is 15.2. The van der Waals surface area contributed by atoms with Crippen molar-refractivity contribution in [2.24, 2.45) is 0 Å². The summed E-state index contributed by atoms with van der Waals surface area (Å²) in [5.74, 6) is 2.28. The summed E-state index contributed by atoms with van der Waals surface area (Å²) in [6.45, 7) is 5.48. The van der Waals surface area contributed by atoms with Crippen LogP contribution in [0.2, 0.25) is 0 Å². The van der Waals surface area contributed by atoms with Crippen molar-refractivity contribution in [2.45, 2.75) is 6.42 Å². The van der Waals surface area contributed by atoms with E-state index in [1.807, 2.05) is 24.3 Å². The van der Waals surface area contributed by atoms with E-state index in [1.54, 1.807) is 12.1 Å². The maximum Gasteiger partial charge on any atom is 0.271 e. The lowest BCUT2D eigenvalue weighted by Crippen LogP contribution is -2.46. The second-order valence-electron chi connectivity index (χ2n) is 6.82. The molecule has 0 N–H and O–H groups in total. The number of nitrogens with zero attached hydrogens (tertiary/aromatic N) is 3. The van der Waals surface area contributed by atoms with Gasteiger partial charge in [0.25, 0.3) is 5.69 Å². The van der Waals surface area contributed by atoms with Crippen LogP contribution < -0.4 is 19.1 Å². The second kappa shape index (κ2) is 8.35. The number of benzene rings is 2. The van der Waals surface area contributed by atoms with Gasteiger partial charge in [-0.15, -0.1) is 0 Å². The number of non-ortho nitro benzene ring substituents is 1. The van der Waals surface area contributed by atoms with Gasteiger partial charge in [0.1, 0.15) is 5.75 Å². The van der Waals surface area contributed by atoms with Crippen molar-refractivity contribution in [3.8, 4) is 17.2 Å². The second-order valence-corrected chi connectivity index (χ2v) is 6.82. The molecule has 1 fully saturated rings. The minimum atomic E-state index is -0.347. The normalized spacial score (nSPS) is 16.2. The molecule has 0 saturated carbocycles. The Hall–Kier alpha value is -3.00. The molecule has 0 radical (unpaired) electrons. The zero-order valence-corrected chi connectivity index (χ0v) is 15.6. The van der Waals surface area contributed by atoms with Gasteiger partial charge in [0.2, 0.25) is 6.79 Å². The monoisotopic (exact) mass is 385 g/mol. The van der Waals surface area contributed by atoms with Crippen LogP contribution in [0.4, 0.5) is 11.4 Å². The predicted molar refractivity (Wildman–Crippen MR) is 104 cm³/mol. The number of piperazine rings is 1. The summed E-state index contributed by atoms with van der Waals surface area (Å²) in [5, 5.41) is 10.9. The molecule has 8 nitrogen and oxygen atoms in total. The Bertz CT molecular complexity index is 836. The third-order valence-corrected chi connectivity index (χ3v) is 5.01. The van der Waals surface area contributed by atoms with Crippen LogP contribution in [0.15, 0.2) is 42.5 Å². The molecule has 2 heterocycles. The van der Waals surface area contributed by atoms with Crippen LogP contribution in [-0.2, 0) is 0 Å². The lowest BCUT2D eigenvalue weighted by atomic mass is 10.2. The first-order valence-electron chi connectivity index (χ1n) is 9.43. The number of nitro benzene ring substituents is 1. The lowest BCUT2D eigenvalue weighted by molar-refractivity contribution is -0.384. The molecule has 0 unspecified atom stereocenters. The summed E-state index contributed by atoms with van der Waals surface area (Å²) >= 11 is 0. The zero-order valence-electron chi connectivity index (χ0n) is 15.6. The van der Waals surface area contributed by atoms with Crippen LogP contribution in [0.3, 0.4) is 0 Å². The average Bonchev–Trinajstić information content (AvgIpc) is 3.20. The molecule has 0 amide bonds. The molecule has 8 heteroatoms. The fraction of sp³-hybridized carbons (Fsp3) is 0.400. The van der Waals surface area contributed by atoms with E-state index in [0.29, 0.717) is 6.61 Å². The van der Waals surface area contributed by atoms with Crippen molar-refractivity contribution < 1.29 is 19.1 Å². The highest BCUT2D eigenvalue weighted by molar-refractivity contribution is 5.53. The van der Waals surface area contributed by atoms with Gasteiger partial charge in [-0.05, 0) is 24.6 Å². The van der Waals surface area contributed by atoms with E-state index in [9.17, 15) is 10.1 Å². The first-order valence-corrected chi connectivity index (χ1v) is 9.43. The van der Waals surface area contributed by atoms with E-state index in [0.717, 1.165) is 62.1 Å². The van der Waals surface area contributed by atoms with E-state index in [4.69, 9.17) is 14.2 Å². The van der Waals surface area contributed by atoms with E-state index >= 15 is 0 Å². The van der Waals surface area contributed by atoms with E-state index in [1.165, 1.54) is 6.07 Å². The van der Waals surface area contributed by atoms with Crippen LogP contribution in [0.1, 0.15) is 6.42 Å². The molecule has 2 aromatic carbocycles. The number of ether oxygens (including phenoxy) is 3. The Morgan fingerprint density at radius 1 is 1.04 bits per heavy atom. The van der Waals surface area contributed by atoms with E-state index in [2.05, 4.69) is 9.80 Å².